The van der Waals surface area contributed by atoms with Crippen molar-refractivity contribution in [2.75, 3.05) is 5.73 Å². The number of H-pyrrole nitrogens is 1. The number of nitrogen functional groups attached to an aromatic ring is 1. The Labute approximate surface area is 96.9 Å². The average Bonchev–Trinajstić information content (AvgIpc) is 2.81. The Kier molecular flexibility index (Phi) is 1.95. The van der Waals surface area contributed by atoms with Crippen LogP contribution in [-0.2, 0) is 7.05 Å². The number of aryl methyl sites for hydroxylation is 1. The first-order valence-corrected chi connectivity index (χ1v) is 5.21. The first kappa shape index (κ1) is 9.89. The van der Waals surface area contributed by atoms with Crippen LogP contribution in [-0.4, -0.2) is 14.8 Å². The van der Waals surface area contributed by atoms with Gasteiger partial charge >= 0.3 is 0 Å². The smallest absolute Gasteiger partial charge is 0.146 e. The highest BCUT2D eigenvalue weighted by Crippen LogP contribution is 2.29. The van der Waals surface area contributed by atoms with Crippen molar-refractivity contribution in [1.29, 1.82) is 0 Å². The molecule has 2 heterocycles. The number of nitrogens with zero attached hydrogens (tertiary/aromatic N) is 2. The largest absolute Gasteiger partial charge is 0.382 e. The molecule has 4 nitrogen and oxygen atoms in total. The number of benzene rings is 1. The van der Waals surface area contributed by atoms with Crippen molar-refractivity contribution >= 4 is 16.7 Å². The summed E-state index contributed by atoms with van der Waals surface area (Å²) in [6.45, 7) is 0. The highest BCUT2D eigenvalue weighted by molar-refractivity contribution is 5.95. The number of aromatic nitrogens is 3. The van der Waals surface area contributed by atoms with Gasteiger partial charge in [0.1, 0.15) is 11.6 Å². The van der Waals surface area contributed by atoms with Gasteiger partial charge in [-0.25, -0.2) is 4.39 Å². The molecule has 17 heavy (non-hydrogen) atoms. The Balaban J connectivity index is 2.30. The summed E-state index contributed by atoms with van der Waals surface area (Å²) >= 11 is 0. The maximum atomic E-state index is 13.3. The number of rotatable bonds is 1. The number of hydrogen-bond donors (Lipinski definition) is 2. The fraction of sp³-hybridized carbons (Fsp3) is 0.0833. The molecule has 0 unspecified atom stereocenters. The molecule has 3 N–H and O–H groups in total. The lowest BCUT2D eigenvalue weighted by atomic mass is 10.1. The van der Waals surface area contributed by atoms with E-state index in [1.807, 2.05) is 13.2 Å². The zero-order valence-electron chi connectivity index (χ0n) is 9.24. The molecule has 0 aliphatic carbocycles. The minimum Gasteiger partial charge on any atom is -0.382 e. The maximum Gasteiger partial charge on any atom is 0.146 e. The number of halogens is 1. The second-order valence-corrected chi connectivity index (χ2v) is 3.97. The molecule has 0 bridgehead atoms. The normalized spacial score (nSPS) is 11.2. The maximum absolute atomic E-state index is 13.3. The molecule has 0 radical (unpaired) electrons. The van der Waals surface area contributed by atoms with E-state index in [0.29, 0.717) is 5.82 Å². The number of anilines is 1. The van der Waals surface area contributed by atoms with Gasteiger partial charge in [-0.2, -0.15) is 5.10 Å². The van der Waals surface area contributed by atoms with Crippen LogP contribution in [0.15, 0.2) is 30.5 Å². The van der Waals surface area contributed by atoms with Gasteiger partial charge in [-0.1, -0.05) is 0 Å². The third-order valence-electron chi connectivity index (χ3n) is 2.82. The Bertz CT molecular complexity index is 696. The van der Waals surface area contributed by atoms with E-state index < -0.39 is 0 Å². The summed E-state index contributed by atoms with van der Waals surface area (Å²) in [6.07, 6.45) is 1.83. The summed E-state index contributed by atoms with van der Waals surface area (Å²) in [6, 6.07) is 6.42. The summed E-state index contributed by atoms with van der Waals surface area (Å²) in [5.74, 6) is 0.196. The van der Waals surface area contributed by atoms with Crippen LogP contribution >= 0.6 is 0 Å². The molecule has 0 aliphatic heterocycles. The van der Waals surface area contributed by atoms with Gasteiger partial charge in [0.05, 0.1) is 5.69 Å². The Morgan fingerprint density at radius 3 is 2.88 bits per heavy atom. The van der Waals surface area contributed by atoms with Gasteiger partial charge in [0, 0.05) is 35.8 Å². The van der Waals surface area contributed by atoms with Gasteiger partial charge in [-0.05, 0) is 18.2 Å². The first-order chi connectivity index (χ1) is 8.15. The topological polar surface area (TPSA) is 59.6 Å². The molecule has 0 saturated carbocycles. The lowest BCUT2D eigenvalue weighted by molar-refractivity contribution is 0.629. The first-order valence-electron chi connectivity index (χ1n) is 5.21. The lowest BCUT2D eigenvalue weighted by Gasteiger charge is -1.99. The van der Waals surface area contributed by atoms with Crippen molar-refractivity contribution in [2.45, 2.75) is 0 Å². The van der Waals surface area contributed by atoms with E-state index in [4.69, 9.17) is 5.73 Å². The van der Waals surface area contributed by atoms with E-state index in [1.54, 1.807) is 16.8 Å². The standard InChI is InChI=1S/C12H11FN4/c1-17-11(5-12(14)16-17)9-6-15-10-3-2-7(13)4-8(9)10/h2-6,15H,1H3,(H2,14,16). The second-order valence-electron chi connectivity index (χ2n) is 3.97. The fourth-order valence-electron chi connectivity index (χ4n) is 2.05. The zero-order chi connectivity index (χ0) is 12.0. The zero-order valence-corrected chi connectivity index (χ0v) is 9.24. The minimum atomic E-state index is -0.256. The van der Waals surface area contributed by atoms with Gasteiger partial charge in [0.15, 0.2) is 0 Å². The van der Waals surface area contributed by atoms with Crippen LogP contribution < -0.4 is 5.73 Å². The highest BCUT2D eigenvalue weighted by atomic mass is 19.1. The summed E-state index contributed by atoms with van der Waals surface area (Å²) in [5, 5.41) is 4.91. The third-order valence-corrected chi connectivity index (χ3v) is 2.82. The number of hydrogen-bond acceptors (Lipinski definition) is 2. The molecular weight excluding hydrogens is 219 g/mol. The van der Waals surface area contributed by atoms with Crippen LogP contribution in [0.4, 0.5) is 10.2 Å². The van der Waals surface area contributed by atoms with Gasteiger partial charge in [-0.15, -0.1) is 0 Å². The van der Waals surface area contributed by atoms with Crippen molar-refractivity contribution in [1.82, 2.24) is 14.8 Å². The van der Waals surface area contributed by atoms with E-state index in [0.717, 1.165) is 22.2 Å². The monoisotopic (exact) mass is 230 g/mol. The molecule has 5 heteroatoms. The second kappa shape index (κ2) is 3.35. The van der Waals surface area contributed by atoms with Crippen LogP contribution in [0.2, 0.25) is 0 Å². The molecular formula is C12H11FN4. The summed E-state index contributed by atoms with van der Waals surface area (Å²) in [7, 11) is 1.81. The molecule has 0 saturated heterocycles. The van der Waals surface area contributed by atoms with E-state index in [1.165, 1.54) is 12.1 Å². The molecule has 3 rings (SSSR count). The number of aromatic amines is 1. The number of nitrogens with two attached hydrogens (primary N) is 1. The SMILES string of the molecule is Cn1nc(N)cc1-c1c[nH]c2ccc(F)cc12. The van der Waals surface area contributed by atoms with Gasteiger partial charge in [0.2, 0.25) is 0 Å². The average molecular weight is 230 g/mol. The van der Waals surface area contributed by atoms with Crippen molar-refractivity contribution in [3.8, 4) is 11.3 Å². The predicted molar refractivity (Wildman–Crippen MR) is 64.9 cm³/mol. The molecule has 0 atom stereocenters. The van der Waals surface area contributed by atoms with Crippen molar-refractivity contribution < 1.29 is 4.39 Å². The van der Waals surface area contributed by atoms with Crippen LogP contribution in [0.5, 0.6) is 0 Å². The Morgan fingerprint density at radius 2 is 2.18 bits per heavy atom. The quantitative estimate of drug-likeness (QED) is 0.673. The van der Waals surface area contributed by atoms with Gasteiger partial charge < -0.3 is 10.7 Å². The molecule has 86 valence electrons. The minimum absolute atomic E-state index is 0.256. The molecule has 0 amide bonds. The van der Waals surface area contributed by atoms with E-state index in [2.05, 4.69) is 10.1 Å². The van der Waals surface area contributed by atoms with E-state index in [9.17, 15) is 4.39 Å². The fourth-order valence-corrected chi connectivity index (χ4v) is 2.05. The summed E-state index contributed by atoms with van der Waals surface area (Å²) in [5.41, 5.74) is 8.29. The van der Waals surface area contributed by atoms with Gasteiger partial charge in [-0.3, -0.25) is 4.68 Å². The third kappa shape index (κ3) is 1.47. The molecule has 3 aromatic rings. The Morgan fingerprint density at radius 1 is 1.35 bits per heavy atom. The molecule has 0 aliphatic rings. The van der Waals surface area contributed by atoms with Crippen molar-refractivity contribution in [3.63, 3.8) is 0 Å². The van der Waals surface area contributed by atoms with Crippen molar-refractivity contribution in [3.05, 3.63) is 36.3 Å². The molecule has 0 fully saturated rings. The van der Waals surface area contributed by atoms with Crippen LogP contribution in [0.25, 0.3) is 22.2 Å². The van der Waals surface area contributed by atoms with Gasteiger partial charge in [0.25, 0.3) is 0 Å². The van der Waals surface area contributed by atoms with E-state index in [-0.39, 0.29) is 5.82 Å². The van der Waals surface area contributed by atoms with Crippen LogP contribution in [0.1, 0.15) is 0 Å². The predicted octanol–water partition coefficient (Wildman–Crippen LogP) is 2.29. The summed E-state index contributed by atoms with van der Waals surface area (Å²) in [4.78, 5) is 3.10. The van der Waals surface area contributed by atoms with Crippen LogP contribution in [0, 0.1) is 5.82 Å². The Hall–Kier alpha value is -2.30. The summed E-state index contributed by atoms with van der Waals surface area (Å²) < 4.78 is 14.9. The molecule has 2 aromatic heterocycles. The lowest BCUT2D eigenvalue weighted by Crippen LogP contribution is -1.94. The molecule has 1 aromatic carbocycles. The molecule has 0 spiro atoms. The van der Waals surface area contributed by atoms with Crippen molar-refractivity contribution in [2.24, 2.45) is 7.05 Å². The van der Waals surface area contributed by atoms with Crippen LogP contribution in [0.3, 0.4) is 0 Å². The van der Waals surface area contributed by atoms with E-state index >= 15 is 0 Å². The number of fused-ring (bicyclic) bond motifs is 1. The number of nitrogens with one attached hydrogen (secondary N) is 1. The highest BCUT2D eigenvalue weighted by Gasteiger charge is 2.11.